The van der Waals surface area contributed by atoms with E-state index in [4.69, 9.17) is 0 Å². The van der Waals surface area contributed by atoms with E-state index >= 15 is 0 Å². The number of carbonyl (C=O) groups excluding carboxylic acids is 2. The Morgan fingerprint density at radius 1 is 1.12 bits per heavy atom. The summed E-state index contributed by atoms with van der Waals surface area (Å²) in [7, 11) is 0. The van der Waals surface area contributed by atoms with Crippen LogP contribution in [0, 0.1) is 5.92 Å². The fourth-order valence-corrected chi connectivity index (χ4v) is 3.98. The van der Waals surface area contributed by atoms with Crippen LogP contribution in [0.4, 0.5) is 0 Å². The van der Waals surface area contributed by atoms with Gasteiger partial charge in [0.1, 0.15) is 0 Å². The zero-order chi connectivity index (χ0) is 18.5. The van der Waals surface area contributed by atoms with Crippen molar-refractivity contribution >= 4 is 11.8 Å². The van der Waals surface area contributed by atoms with Crippen LogP contribution in [0.1, 0.15) is 38.7 Å². The predicted octanol–water partition coefficient (Wildman–Crippen LogP) is 2.37. The molecule has 26 heavy (non-hydrogen) atoms. The van der Waals surface area contributed by atoms with Crippen molar-refractivity contribution in [2.24, 2.45) is 5.92 Å². The van der Waals surface area contributed by atoms with Crippen LogP contribution in [0.2, 0.25) is 0 Å². The van der Waals surface area contributed by atoms with Gasteiger partial charge in [-0.1, -0.05) is 44.2 Å². The van der Waals surface area contributed by atoms with Crippen LogP contribution in [-0.2, 0) is 16.1 Å². The van der Waals surface area contributed by atoms with E-state index in [9.17, 15) is 9.59 Å². The van der Waals surface area contributed by atoms with Crippen LogP contribution < -0.4 is 0 Å². The van der Waals surface area contributed by atoms with Gasteiger partial charge < -0.3 is 9.80 Å². The summed E-state index contributed by atoms with van der Waals surface area (Å²) in [4.78, 5) is 31.6. The molecule has 0 bridgehead atoms. The highest BCUT2D eigenvalue weighted by molar-refractivity contribution is 5.84. The Morgan fingerprint density at radius 2 is 1.88 bits per heavy atom. The minimum absolute atomic E-state index is 0.0163. The van der Waals surface area contributed by atoms with Gasteiger partial charge in [-0.3, -0.25) is 14.5 Å². The molecule has 2 fully saturated rings. The van der Waals surface area contributed by atoms with Gasteiger partial charge in [0.15, 0.2) is 0 Å². The maximum absolute atomic E-state index is 12.9. The van der Waals surface area contributed by atoms with Crippen LogP contribution in [0.5, 0.6) is 0 Å². The molecule has 5 nitrogen and oxygen atoms in total. The monoisotopic (exact) mass is 357 g/mol. The summed E-state index contributed by atoms with van der Waals surface area (Å²) in [5.74, 6) is 0.601. The van der Waals surface area contributed by atoms with Crippen molar-refractivity contribution in [1.29, 1.82) is 0 Å². The first-order chi connectivity index (χ1) is 12.6. The summed E-state index contributed by atoms with van der Waals surface area (Å²) in [5.41, 5.74) is 1.18. The molecule has 2 atom stereocenters. The molecule has 0 unspecified atom stereocenters. The number of nitrogens with zero attached hydrogens (tertiary/aromatic N) is 3. The summed E-state index contributed by atoms with van der Waals surface area (Å²) < 4.78 is 0. The molecule has 0 radical (unpaired) electrons. The lowest BCUT2D eigenvalue weighted by Gasteiger charge is -2.27. The lowest BCUT2D eigenvalue weighted by molar-refractivity contribution is -0.134. The zero-order valence-electron chi connectivity index (χ0n) is 16.1. The van der Waals surface area contributed by atoms with Crippen molar-refractivity contribution in [3.63, 3.8) is 0 Å². The molecule has 2 saturated heterocycles. The van der Waals surface area contributed by atoms with Crippen LogP contribution in [0.3, 0.4) is 0 Å². The van der Waals surface area contributed by atoms with E-state index in [1.165, 1.54) is 5.56 Å². The molecular formula is C21H31N3O2. The van der Waals surface area contributed by atoms with Gasteiger partial charge in [-0.05, 0) is 24.8 Å². The standard InChI is InChI=1S/C21H31N3O2/c1-3-17(2)20(25)23-12-7-11-22(14-15-23)19-10-13-24(21(19)26)16-18-8-5-4-6-9-18/h4-6,8-9,17,19H,3,7,10-16H2,1-2H3/t17-,19-/m1/s1. The fraction of sp³-hybridized carbons (Fsp3) is 0.619. The van der Waals surface area contributed by atoms with Crippen molar-refractivity contribution in [2.45, 2.75) is 45.7 Å². The van der Waals surface area contributed by atoms with Crippen molar-refractivity contribution in [1.82, 2.24) is 14.7 Å². The molecule has 3 rings (SSSR count). The van der Waals surface area contributed by atoms with Gasteiger partial charge in [-0.15, -0.1) is 0 Å². The number of benzene rings is 1. The summed E-state index contributed by atoms with van der Waals surface area (Å²) in [6.07, 6.45) is 2.73. The average Bonchev–Trinajstić information content (AvgIpc) is 2.87. The molecule has 1 aromatic rings. The second kappa shape index (κ2) is 8.67. The smallest absolute Gasteiger partial charge is 0.240 e. The molecule has 0 saturated carbocycles. The average molecular weight is 357 g/mol. The zero-order valence-corrected chi connectivity index (χ0v) is 16.1. The van der Waals surface area contributed by atoms with Gasteiger partial charge >= 0.3 is 0 Å². The van der Waals surface area contributed by atoms with E-state index in [-0.39, 0.29) is 23.8 Å². The van der Waals surface area contributed by atoms with Gasteiger partial charge in [0.25, 0.3) is 0 Å². The number of rotatable bonds is 5. The molecule has 0 N–H and O–H groups in total. The van der Waals surface area contributed by atoms with E-state index in [1.807, 2.05) is 34.9 Å². The van der Waals surface area contributed by atoms with Gasteiger partial charge in [0, 0.05) is 45.2 Å². The summed E-state index contributed by atoms with van der Waals surface area (Å²) >= 11 is 0. The highest BCUT2D eigenvalue weighted by Crippen LogP contribution is 2.21. The van der Waals surface area contributed by atoms with Gasteiger partial charge in [0.05, 0.1) is 6.04 Å². The Hall–Kier alpha value is -1.88. The highest BCUT2D eigenvalue weighted by atomic mass is 16.2. The first-order valence-corrected chi connectivity index (χ1v) is 9.95. The van der Waals surface area contributed by atoms with Crippen molar-refractivity contribution in [3.05, 3.63) is 35.9 Å². The first-order valence-electron chi connectivity index (χ1n) is 9.95. The molecule has 2 amide bonds. The van der Waals surface area contributed by atoms with Crippen molar-refractivity contribution in [3.8, 4) is 0 Å². The van der Waals surface area contributed by atoms with Crippen LogP contribution in [0.25, 0.3) is 0 Å². The molecule has 142 valence electrons. The van der Waals surface area contributed by atoms with Crippen LogP contribution in [-0.4, -0.2) is 65.3 Å². The quantitative estimate of drug-likeness (QED) is 0.813. The minimum Gasteiger partial charge on any atom is -0.341 e. The second-order valence-corrected chi connectivity index (χ2v) is 7.57. The van der Waals surface area contributed by atoms with E-state index in [1.54, 1.807) is 0 Å². The minimum atomic E-state index is -0.0163. The Labute approximate surface area is 156 Å². The molecule has 1 aromatic carbocycles. The summed E-state index contributed by atoms with van der Waals surface area (Å²) in [6, 6.07) is 10.2. The molecule has 2 aliphatic heterocycles. The molecule has 0 aliphatic carbocycles. The number of likely N-dealkylation sites (tertiary alicyclic amines) is 1. The lowest BCUT2D eigenvalue weighted by atomic mass is 10.1. The molecule has 0 spiro atoms. The van der Waals surface area contributed by atoms with Gasteiger partial charge in [0.2, 0.25) is 11.8 Å². The number of carbonyl (C=O) groups is 2. The van der Waals surface area contributed by atoms with Gasteiger partial charge in [-0.25, -0.2) is 0 Å². The van der Waals surface area contributed by atoms with Crippen molar-refractivity contribution in [2.75, 3.05) is 32.7 Å². The third-order valence-corrected chi connectivity index (χ3v) is 5.80. The molecular weight excluding hydrogens is 326 g/mol. The molecule has 0 aromatic heterocycles. The molecule has 2 heterocycles. The number of amides is 2. The second-order valence-electron chi connectivity index (χ2n) is 7.57. The van der Waals surface area contributed by atoms with E-state index < -0.39 is 0 Å². The normalized spacial score (nSPS) is 23.2. The van der Waals surface area contributed by atoms with E-state index in [2.05, 4.69) is 24.0 Å². The lowest BCUT2D eigenvalue weighted by Crippen LogP contribution is -2.44. The van der Waals surface area contributed by atoms with Crippen LogP contribution in [0.15, 0.2) is 30.3 Å². The maximum Gasteiger partial charge on any atom is 0.240 e. The summed E-state index contributed by atoms with van der Waals surface area (Å²) in [5, 5.41) is 0. The molecule has 2 aliphatic rings. The predicted molar refractivity (Wildman–Crippen MR) is 102 cm³/mol. The fourth-order valence-electron chi connectivity index (χ4n) is 3.98. The number of hydrogen-bond acceptors (Lipinski definition) is 3. The Kier molecular flexibility index (Phi) is 6.30. The first kappa shape index (κ1) is 18.9. The Balaban J connectivity index is 1.56. The topological polar surface area (TPSA) is 43.9 Å². The van der Waals surface area contributed by atoms with E-state index in [0.29, 0.717) is 6.54 Å². The SMILES string of the molecule is CC[C@@H](C)C(=O)N1CCCN([C@@H]2CCN(Cc3ccccc3)C2=O)CC1. The van der Waals surface area contributed by atoms with E-state index in [0.717, 1.165) is 52.0 Å². The van der Waals surface area contributed by atoms with Crippen LogP contribution >= 0.6 is 0 Å². The number of hydrogen-bond donors (Lipinski definition) is 0. The Morgan fingerprint density at radius 3 is 2.62 bits per heavy atom. The highest BCUT2D eigenvalue weighted by Gasteiger charge is 2.36. The third-order valence-electron chi connectivity index (χ3n) is 5.80. The van der Waals surface area contributed by atoms with Crippen molar-refractivity contribution < 1.29 is 9.59 Å². The maximum atomic E-state index is 12.9. The Bertz CT molecular complexity index is 619. The summed E-state index contributed by atoms with van der Waals surface area (Å²) in [6.45, 7) is 8.85. The molecule has 5 heteroatoms. The largest absolute Gasteiger partial charge is 0.341 e. The third kappa shape index (κ3) is 4.26. The van der Waals surface area contributed by atoms with Gasteiger partial charge in [-0.2, -0.15) is 0 Å².